The molecule has 1 heterocycles. The molecule has 1 aliphatic heterocycles. The highest BCUT2D eigenvalue weighted by atomic mass is 16.6. The predicted octanol–water partition coefficient (Wildman–Crippen LogP) is 1.33. The van der Waals surface area contributed by atoms with Crippen LogP contribution in [0.15, 0.2) is 12.1 Å². The van der Waals surface area contributed by atoms with Crippen LogP contribution in [0.3, 0.4) is 0 Å². The van der Waals surface area contributed by atoms with Gasteiger partial charge in [-0.3, -0.25) is 4.79 Å². The summed E-state index contributed by atoms with van der Waals surface area (Å²) >= 11 is 0. The first-order valence-corrected chi connectivity index (χ1v) is 4.41. The Kier molecular flexibility index (Phi) is 2.26. The summed E-state index contributed by atoms with van der Waals surface area (Å²) in [5.74, 6) is 1.43. The third-order valence-corrected chi connectivity index (χ3v) is 2.10. The number of amides is 1. The number of anilines is 1. The van der Waals surface area contributed by atoms with Gasteiger partial charge >= 0.3 is 0 Å². The average Bonchev–Trinajstić information content (AvgIpc) is 2.19. The molecule has 0 aromatic heterocycles. The molecule has 1 aromatic carbocycles. The number of rotatable bonds is 2. The third-order valence-electron chi connectivity index (χ3n) is 2.10. The largest absolute Gasteiger partial charge is 0.486 e. The van der Waals surface area contributed by atoms with E-state index in [0.717, 1.165) is 17.0 Å². The van der Waals surface area contributed by atoms with Gasteiger partial charge in [-0.2, -0.15) is 0 Å². The number of fused-ring (bicyclic) bond motifs is 1. The topological polar surface area (TPSA) is 47.6 Å². The fourth-order valence-electron chi connectivity index (χ4n) is 1.41. The van der Waals surface area contributed by atoms with E-state index in [1.54, 1.807) is 6.07 Å². The Bertz CT molecular complexity index is 363. The lowest BCUT2D eigenvalue weighted by molar-refractivity contribution is -0.105. The van der Waals surface area contributed by atoms with Crippen LogP contribution in [0.2, 0.25) is 0 Å². The van der Waals surface area contributed by atoms with Gasteiger partial charge in [-0.1, -0.05) is 0 Å². The van der Waals surface area contributed by atoms with Crippen molar-refractivity contribution in [3.63, 3.8) is 0 Å². The standard InChI is InChI=1S/C10H11NO3/c1-7-4-9-10(14-3-2-13-9)5-8(7)11-6-12/h4-6H,2-3H2,1H3,(H,11,12). The van der Waals surface area contributed by atoms with E-state index in [2.05, 4.69) is 5.32 Å². The first kappa shape index (κ1) is 8.87. The van der Waals surface area contributed by atoms with Crippen molar-refractivity contribution in [2.75, 3.05) is 18.5 Å². The van der Waals surface area contributed by atoms with Crippen LogP contribution in [0.5, 0.6) is 11.5 Å². The van der Waals surface area contributed by atoms with Crippen LogP contribution >= 0.6 is 0 Å². The van der Waals surface area contributed by atoms with Crippen molar-refractivity contribution in [3.8, 4) is 11.5 Å². The molecule has 2 rings (SSSR count). The predicted molar refractivity (Wildman–Crippen MR) is 51.9 cm³/mol. The number of benzene rings is 1. The van der Waals surface area contributed by atoms with E-state index in [1.165, 1.54) is 0 Å². The van der Waals surface area contributed by atoms with Crippen molar-refractivity contribution in [1.82, 2.24) is 0 Å². The third kappa shape index (κ3) is 1.51. The Morgan fingerprint density at radius 2 is 1.93 bits per heavy atom. The zero-order chi connectivity index (χ0) is 9.97. The minimum atomic E-state index is 0.552. The zero-order valence-corrected chi connectivity index (χ0v) is 7.87. The van der Waals surface area contributed by atoms with Crippen LogP contribution in [0.25, 0.3) is 0 Å². The summed E-state index contributed by atoms with van der Waals surface area (Å²) in [4.78, 5) is 10.3. The maximum absolute atomic E-state index is 10.3. The van der Waals surface area contributed by atoms with Gasteiger partial charge in [0.1, 0.15) is 13.2 Å². The quantitative estimate of drug-likeness (QED) is 0.721. The van der Waals surface area contributed by atoms with Crippen molar-refractivity contribution in [3.05, 3.63) is 17.7 Å². The van der Waals surface area contributed by atoms with Crippen LogP contribution in [-0.4, -0.2) is 19.6 Å². The second-order valence-electron chi connectivity index (χ2n) is 3.07. The first-order chi connectivity index (χ1) is 6.81. The molecule has 0 saturated carbocycles. The Labute approximate surface area is 81.8 Å². The van der Waals surface area contributed by atoms with Gasteiger partial charge in [-0.15, -0.1) is 0 Å². The van der Waals surface area contributed by atoms with Crippen molar-refractivity contribution < 1.29 is 14.3 Å². The summed E-state index contributed by atoms with van der Waals surface area (Å²) in [6.45, 7) is 3.04. The van der Waals surface area contributed by atoms with E-state index < -0.39 is 0 Å². The summed E-state index contributed by atoms with van der Waals surface area (Å²) in [6.07, 6.45) is 0.651. The molecular formula is C10H11NO3. The Hall–Kier alpha value is -1.71. The highest BCUT2D eigenvalue weighted by molar-refractivity contribution is 5.75. The average molecular weight is 193 g/mol. The molecule has 1 aromatic rings. The Balaban J connectivity index is 2.40. The lowest BCUT2D eigenvalue weighted by atomic mass is 10.1. The maximum atomic E-state index is 10.3. The number of ether oxygens (including phenoxy) is 2. The minimum Gasteiger partial charge on any atom is -0.486 e. The van der Waals surface area contributed by atoms with Gasteiger partial charge < -0.3 is 14.8 Å². The van der Waals surface area contributed by atoms with E-state index in [1.807, 2.05) is 13.0 Å². The van der Waals surface area contributed by atoms with E-state index in [0.29, 0.717) is 25.4 Å². The van der Waals surface area contributed by atoms with Gasteiger partial charge in [0, 0.05) is 11.8 Å². The monoisotopic (exact) mass is 193 g/mol. The number of hydrogen-bond donors (Lipinski definition) is 1. The highest BCUT2D eigenvalue weighted by Crippen LogP contribution is 2.34. The van der Waals surface area contributed by atoms with E-state index in [-0.39, 0.29) is 0 Å². The van der Waals surface area contributed by atoms with Gasteiger partial charge in [0.2, 0.25) is 6.41 Å². The highest BCUT2D eigenvalue weighted by Gasteiger charge is 2.13. The minimum absolute atomic E-state index is 0.552. The van der Waals surface area contributed by atoms with Gasteiger partial charge in [0.15, 0.2) is 11.5 Å². The van der Waals surface area contributed by atoms with Crippen LogP contribution in [0.1, 0.15) is 5.56 Å². The Morgan fingerprint density at radius 1 is 1.29 bits per heavy atom. The molecule has 0 bridgehead atoms. The number of carbonyl (C=O) groups excluding carboxylic acids is 1. The Morgan fingerprint density at radius 3 is 2.57 bits per heavy atom. The number of carbonyl (C=O) groups is 1. The summed E-state index contributed by atoms with van der Waals surface area (Å²) in [6, 6.07) is 3.64. The second-order valence-corrected chi connectivity index (χ2v) is 3.07. The molecule has 1 aliphatic rings. The molecule has 74 valence electrons. The molecular weight excluding hydrogens is 182 g/mol. The molecule has 14 heavy (non-hydrogen) atoms. The van der Waals surface area contributed by atoms with Crippen molar-refractivity contribution in [2.45, 2.75) is 6.92 Å². The second kappa shape index (κ2) is 3.57. The lowest BCUT2D eigenvalue weighted by Gasteiger charge is -2.19. The molecule has 0 saturated heterocycles. The van der Waals surface area contributed by atoms with E-state index >= 15 is 0 Å². The number of nitrogens with one attached hydrogen (secondary N) is 1. The first-order valence-electron chi connectivity index (χ1n) is 4.41. The van der Waals surface area contributed by atoms with Crippen LogP contribution in [-0.2, 0) is 4.79 Å². The smallest absolute Gasteiger partial charge is 0.211 e. The maximum Gasteiger partial charge on any atom is 0.211 e. The van der Waals surface area contributed by atoms with Crippen molar-refractivity contribution in [2.24, 2.45) is 0 Å². The molecule has 0 radical (unpaired) electrons. The molecule has 0 fully saturated rings. The van der Waals surface area contributed by atoms with E-state index in [9.17, 15) is 4.79 Å². The fourth-order valence-corrected chi connectivity index (χ4v) is 1.41. The molecule has 0 aliphatic carbocycles. The molecule has 0 spiro atoms. The number of hydrogen-bond acceptors (Lipinski definition) is 3. The SMILES string of the molecule is Cc1cc2c(cc1NC=O)OCCO2. The molecule has 0 atom stereocenters. The van der Waals surface area contributed by atoms with Gasteiger partial charge in [-0.25, -0.2) is 0 Å². The van der Waals surface area contributed by atoms with Crippen LogP contribution in [0, 0.1) is 6.92 Å². The van der Waals surface area contributed by atoms with Crippen LogP contribution in [0.4, 0.5) is 5.69 Å². The molecule has 1 N–H and O–H groups in total. The van der Waals surface area contributed by atoms with Crippen LogP contribution < -0.4 is 14.8 Å². The van der Waals surface area contributed by atoms with Crippen molar-refractivity contribution >= 4 is 12.1 Å². The van der Waals surface area contributed by atoms with Crippen molar-refractivity contribution in [1.29, 1.82) is 0 Å². The van der Waals surface area contributed by atoms with Gasteiger partial charge in [-0.05, 0) is 18.6 Å². The number of aryl methyl sites for hydroxylation is 1. The summed E-state index contributed by atoms with van der Waals surface area (Å²) in [5, 5.41) is 2.61. The summed E-state index contributed by atoms with van der Waals surface area (Å²) in [5.41, 5.74) is 1.71. The molecule has 1 amide bonds. The normalized spacial score (nSPS) is 13.5. The van der Waals surface area contributed by atoms with Gasteiger partial charge in [0.05, 0.1) is 0 Å². The zero-order valence-electron chi connectivity index (χ0n) is 7.87. The van der Waals surface area contributed by atoms with E-state index in [4.69, 9.17) is 9.47 Å². The summed E-state index contributed by atoms with van der Waals surface area (Å²) < 4.78 is 10.8. The summed E-state index contributed by atoms with van der Waals surface area (Å²) in [7, 11) is 0. The molecule has 4 nitrogen and oxygen atoms in total. The molecule has 4 heteroatoms. The fraction of sp³-hybridized carbons (Fsp3) is 0.300. The molecule has 0 unspecified atom stereocenters. The lowest BCUT2D eigenvalue weighted by Crippen LogP contribution is -2.15. The van der Waals surface area contributed by atoms with Gasteiger partial charge in [0.25, 0.3) is 0 Å².